The van der Waals surface area contributed by atoms with Gasteiger partial charge in [-0.15, -0.1) is 0 Å². The maximum Gasteiger partial charge on any atom is 0.230 e. The number of ether oxygens (including phenoxy) is 1. The van der Waals surface area contributed by atoms with Crippen LogP contribution in [0.4, 0.5) is 4.39 Å². The second-order valence-corrected chi connectivity index (χ2v) is 7.96. The van der Waals surface area contributed by atoms with Gasteiger partial charge in [-0.2, -0.15) is 0 Å². The highest BCUT2D eigenvalue weighted by Gasteiger charge is 2.42. The van der Waals surface area contributed by atoms with Gasteiger partial charge in [-0.1, -0.05) is 12.1 Å². The summed E-state index contributed by atoms with van der Waals surface area (Å²) in [5.41, 5.74) is 6.76. The average Bonchev–Trinajstić information content (AvgIpc) is 2.74. The number of benzene rings is 1. The largest absolute Gasteiger partial charge is 0.381 e. The first-order valence-electron chi connectivity index (χ1n) is 10.0. The van der Waals surface area contributed by atoms with Crippen LogP contribution < -0.4 is 11.1 Å². The molecule has 2 heterocycles. The number of nitrogens with two attached hydrogens (primary N) is 1. The summed E-state index contributed by atoms with van der Waals surface area (Å²) in [5, 5.41) is 2.90. The van der Waals surface area contributed by atoms with E-state index in [-0.39, 0.29) is 23.5 Å². The van der Waals surface area contributed by atoms with Gasteiger partial charge in [0.15, 0.2) is 0 Å². The highest BCUT2D eigenvalue weighted by atomic mass is 19.1. The number of amides is 2. The molecule has 1 aromatic carbocycles. The van der Waals surface area contributed by atoms with Crippen LogP contribution in [0.2, 0.25) is 0 Å². The Hall–Kier alpha value is -1.99. The standard InChI is InChI=1S/C21H30FN3O3/c1-15-2-3-16(12-18(15)22)13-24-19(26)17-4-8-25(9-5-17)20(27)21(14-23)6-10-28-11-7-21/h2-3,12,17H,4-11,13-14,23H2,1H3,(H,24,26). The molecule has 0 aliphatic carbocycles. The van der Waals surface area contributed by atoms with Gasteiger partial charge in [0.1, 0.15) is 5.82 Å². The van der Waals surface area contributed by atoms with Gasteiger partial charge in [0, 0.05) is 45.3 Å². The molecule has 0 radical (unpaired) electrons. The minimum Gasteiger partial charge on any atom is -0.381 e. The lowest BCUT2D eigenvalue weighted by atomic mass is 9.78. The Kier molecular flexibility index (Phi) is 6.67. The monoisotopic (exact) mass is 391 g/mol. The van der Waals surface area contributed by atoms with Gasteiger partial charge in [0.25, 0.3) is 0 Å². The molecule has 2 fully saturated rings. The SMILES string of the molecule is Cc1ccc(CNC(=O)C2CCN(C(=O)C3(CN)CCOCC3)CC2)cc1F. The molecular weight excluding hydrogens is 361 g/mol. The predicted octanol–water partition coefficient (Wildman–Crippen LogP) is 1.74. The molecule has 0 bridgehead atoms. The van der Waals surface area contributed by atoms with Crippen molar-refractivity contribution in [3.05, 3.63) is 35.1 Å². The molecule has 0 unspecified atom stereocenters. The van der Waals surface area contributed by atoms with Crippen LogP contribution in [0, 0.1) is 24.1 Å². The zero-order chi connectivity index (χ0) is 20.1. The van der Waals surface area contributed by atoms with Crippen LogP contribution in [0.5, 0.6) is 0 Å². The van der Waals surface area contributed by atoms with Crippen molar-refractivity contribution in [2.75, 3.05) is 32.8 Å². The fourth-order valence-electron chi connectivity index (χ4n) is 4.03. The maximum absolute atomic E-state index is 13.6. The topological polar surface area (TPSA) is 84.7 Å². The van der Waals surface area contributed by atoms with E-state index < -0.39 is 5.41 Å². The molecule has 1 aromatic rings. The summed E-state index contributed by atoms with van der Waals surface area (Å²) in [6, 6.07) is 4.99. The van der Waals surface area contributed by atoms with E-state index in [0.29, 0.717) is 70.6 Å². The summed E-state index contributed by atoms with van der Waals surface area (Å²) >= 11 is 0. The van der Waals surface area contributed by atoms with E-state index in [0.717, 1.165) is 5.56 Å². The van der Waals surface area contributed by atoms with Crippen LogP contribution in [0.25, 0.3) is 0 Å². The van der Waals surface area contributed by atoms with Gasteiger partial charge in [0.05, 0.1) is 5.41 Å². The zero-order valence-electron chi connectivity index (χ0n) is 16.5. The Bertz CT molecular complexity index is 711. The highest BCUT2D eigenvalue weighted by molar-refractivity contribution is 5.84. The van der Waals surface area contributed by atoms with Crippen LogP contribution in [0.3, 0.4) is 0 Å². The maximum atomic E-state index is 13.6. The van der Waals surface area contributed by atoms with E-state index in [1.165, 1.54) is 6.07 Å². The third-order valence-corrected chi connectivity index (χ3v) is 6.15. The summed E-state index contributed by atoms with van der Waals surface area (Å²) in [6.45, 7) is 4.64. The minimum absolute atomic E-state index is 0.0345. The highest BCUT2D eigenvalue weighted by Crippen LogP contribution is 2.33. The molecule has 28 heavy (non-hydrogen) atoms. The summed E-state index contributed by atoms with van der Waals surface area (Å²) in [6.07, 6.45) is 2.60. The fourth-order valence-corrected chi connectivity index (χ4v) is 4.03. The summed E-state index contributed by atoms with van der Waals surface area (Å²) < 4.78 is 19.0. The second-order valence-electron chi connectivity index (χ2n) is 7.96. The van der Waals surface area contributed by atoms with Gasteiger partial charge in [-0.3, -0.25) is 9.59 Å². The molecule has 2 saturated heterocycles. The number of piperidine rings is 1. The molecule has 3 rings (SSSR count). The van der Waals surface area contributed by atoms with Crippen molar-refractivity contribution >= 4 is 11.8 Å². The molecule has 0 saturated carbocycles. The number of likely N-dealkylation sites (tertiary alicyclic amines) is 1. The molecule has 2 aliphatic rings. The van der Waals surface area contributed by atoms with Crippen molar-refractivity contribution in [2.45, 2.75) is 39.2 Å². The average molecular weight is 391 g/mol. The Labute approximate surface area is 165 Å². The van der Waals surface area contributed by atoms with Gasteiger partial charge in [-0.25, -0.2) is 4.39 Å². The first-order valence-corrected chi connectivity index (χ1v) is 10.0. The van der Waals surface area contributed by atoms with Crippen LogP contribution in [-0.4, -0.2) is 49.6 Å². The number of carbonyl (C=O) groups excluding carboxylic acids is 2. The predicted molar refractivity (Wildman–Crippen MR) is 104 cm³/mol. The van der Waals surface area contributed by atoms with Crippen LogP contribution in [0.1, 0.15) is 36.8 Å². The quantitative estimate of drug-likeness (QED) is 0.801. The lowest BCUT2D eigenvalue weighted by Gasteiger charge is -2.41. The van der Waals surface area contributed by atoms with E-state index in [4.69, 9.17) is 10.5 Å². The third kappa shape index (κ3) is 4.52. The zero-order valence-corrected chi connectivity index (χ0v) is 16.5. The summed E-state index contributed by atoms with van der Waals surface area (Å²) in [5.74, 6) is -0.316. The molecule has 6 nitrogen and oxygen atoms in total. The van der Waals surface area contributed by atoms with Crippen LogP contribution >= 0.6 is 0 Å². The summed E-state index contributed by atoms with van der Waals surface area (Å²) in [4.78, 5) is 27.3. The van der Waals surface area contributed by atoms with Gasteiger partial charge in [0.2, 0.25) is 11.8 Å². The van der Waals surface area contributed by atoms with Crippen molar-refractivity contribution in [1.82, 2.24) is 10.2 Å². The van der Waals surface area contributed by atoms with Gasteiger partial charge in [-0.05, 0) is 49.8 Å². The molecule has 0 aromatic heterocycles. The third-order valence-electron chi connectivity index (χ3n) is 6.15. The van der Waals surface area contributed by atoms with E-state index in [2.05, 4.69) is 5.32 Å². The smallest absolute Gasteiger partial charge is 0.230 e. The first kappa shape index (κ1) is 20.7. The van der Waals surface area contributed by atoms with Crippen molar-refractivity contribution in [2.24, 2.45) is 17.1 Å². The molecule has 3 N–H and O–H groups in total. The van der Waals surface area contributed by atoms with E-state index in [1.54, 1.807) is 13.0 Å². The number of nitrogens with one attached hydrogen (secondary N) is 1. The van der Waals surface area contributed by atoms with E-state index in [1.807, 2.05) is 11.0 Å². The van der Waals surface area contributed by atoms with Crippen molar-refractivity contribution in [3.63, 3.8) is 0 Å². The number of nitrogens with zero attached hydrogens (tertiary/aromatic N) is 1. The fraction of sp³-hybridized carbons (Fsp3) is 0.619. The molecule has 0 atom stereocenters. The lowest BCUT2D eigenvalue weighted by Crippen LogP contribution is -2.53. The number of aryl methyl sites for hydroxylation is 1. The molecule has 7 heteroatoms. The number of carbonyl (C=O) groups is 2. The van der Waals surface area contributed by atoms with Gasteiger partial charge < -0.3 is 20.7 Å². The van der Waals surface area contributed by atoms with Crippen molar-refractivity contribution in [1.29, 1.82) is 0 Å². The number of hydrogen-bond acceptors (Lipinski definition) is 4. The lowest BCUT2D eigenvalue weighted by molar-refractivity contribution is -0.149. The Morgan fingerprint density at radius 1 is 1.29 bits per heavy atom. The Balaban J connectivity index is 1.49. The molecule has 2 amide bonds. The molecule has 0 spiro atoms. The first-order chi connectivity index (χ1) is 13.4. The van der Waals surface area contributed by atoms with Crippen molar-refractivity contribution in [3.8, 4) is 0 Å². The van der Waals surface area contributed by atoms with Crippen molar-refractivity contribution < 1.29 is 18.7 Å². The normalized spacial score (nSPS) is 20.0. The Morgan fingerprint density at radius 2 is 1.96 bits per heavy atom. The van der Waals surface area contributed by atoms with E-state index in [9.17, 15) is 14.0 Å². The number of rotatable bonds is 5. The van der Waals surface area contributed by atoms with E-state index >= 15 is 0 Å². The number of halogens is 1. The van der Waals surface area contributed by atoms with Crippen LogP contribution in [-0.2, 0) is 20.9 Å². The molecular formula is C21H30FN3O3. The second kappa shape index (κ2) is 9.01. The molecule has 154 valence electrons. The summed E-state index contributed by atoms with van der Waals surface area (Å²) in [7, 11) is 0. The van der Waals surface area contributed by atoms with Crippen LogP contribution in [0.15, 0.2) is 18.2 Å². The minimum atomic E-state index is -0.511. The number of hydrogen-bond donors (Lipinski definition) is 2. The molecule has 2 aliphatic heterocycles. The van der Waals surface area contributed by atoms with Gasteiger partial charge >= 0.3 is 0 Å². The Morgan fingerprint density at radius 3 is 2.57 bits per heavy atom.